The summed E-state index contributed by atoms with van der Waals surface area (Å²) in [5, 5.41) is 3.29. The third kappa shape index (κ3) is 3.76. The molecule has 1 heterocycles. The number of hydrogen-bond donors (Lipinski definition) is 1. The highest BCUT2D eigenvalue weighted by Crippen LogP contribution is 2.36. The zero-order valence-corrected chi connectivity index (χ0v) is 13.7. The van der Waals surface area contributed by atoms with Gasteiger partial charge in [-0.25, -0.2) is 8.78 Å². The molecule has 1 aromatic carbocycles. The van der Waals surface area contributed by atoms with Crippen LogP contribution in [0.3, 0.4) is 0 Å². The Labute approximate surface area is 131 Å². The lowest BCUT2D eigenvalue weighted by atomic mass is 9.88. The predicted octanol–water partition coefficient (Wildman–Crippen LogP) is 3.36. The Kier molecular flexibility index (Phi) is 6.15. The molecule has 0 spiro atoms. The zero-order chi connectivity index (χ0) is 16.1. The molecule has 0 amide bonds. The molecule has 0 aliphatic carbocycles. The topological polar surface area (TPSA) is 24.5 Å². The standard InChI is InChI=1S/C17H26F2N2O/c1-4-5-12(2)17(21-8-6-20-7-9-21)16-14(18)10-13(22-3)11-15(16)19/h10-12,17,20H,4-9H2,1-3H3/t12?,17-/m1/s1. The van der Waals surface area contributed by atoms with E-state index in [0.717, 1.165) is 39.0 Å². The summed E-state index contributed by atoms with van der Waals surface area (Å²) in [4.78, 5) is 2.20. The first-order valence-corrected chi connectivity index (χ1v) is 8.06. The van der Waals surface area contributed by atoms with E-state index in [-0.39, 0.29) is 23.3 Å². The minimum atomic E-state index is -0.511. The molecule has 1 aliphatic rings. The first kappa shape index (κ1) is 17.2. The van der Waals surface area contributed by atoms with Gasteiger partial charge in [0.15, 0.2) is 0 Å². The van der Waals surface area contributed by atoms with Crippen LogP contribution in [0.2, 0.25) is 0 Å². The molecule has 3 nitrogen and oxygen atoms in total. The summed E-state index contributed by atoms with van der Waals surface area (Å²) < 4.78 is 34.0. The van der Waals surface area contributed by atoms with Gasteiger partial charge in [0.25, 0.3) is 0 Å². The number of nitrogens with zero attached hydrogens (tertiary/aromatic N) is 1. The van der Waals surface area contributed by atoms with E-state index in [0.29, 0.717) is 0 Å². The third-order valence-electron chi connectivity index (χ3n) is 4.41. The minimum absolute atomic E-state index is 0.184. The Morgan fingerprint density at radius 3 is 2.32 bits per heavy atom. The smallest absolute Gasteiger partial charge is 0.134 e. The van der Waals surface area contributed by atoms with Gasteiger partial charge in [0.2, 0.25) is 0 Å². The van der Waals surface area contributed by atoms with Crippen molar-refractivity contribution in [2.75, 3.05) is 33.3 Å². The highest BCUT2D eigenvalue weighted by atomic mass is 19.1. The lowest BCUT2D eigenvalue weighted by Crippen LogP contribution is -2.47. The molecule has 2 atom stereocenters. The van der Waals surface area contributed by atoms with Crippen molar-refractivity contribution in [3.63, 3.8) is 0 Å². The van der Waals surface area contributed by atoms with Gasteiger partial charge in [0.05, 0.1) is 7.11 Å². The van der Waals surface area contributed by atoms with Crippen molar-refractivity contribution in [2.45, 2.75) is 32.7 Å². The van der Waals surface area contributed by atoms with Crippen LogP contribution in [-0.2, 0) is 0 Å². The molecule has 1 aliphatic heterocycles. The minimum Gasteiger partial charge on any atom is -0.497 e. The van der Waals surface area contributed by atoms with Crippen molar-refractivity contribution < 1.29 is 13.5 Å². The molecule has 1 N–H and O–H groups in total. The summed E-state index contributed by atoms with van der Waals surface area (Å²) in [7, 11) is 1.42. The van der Waals surface area contributed by atoms with Crippen LogP contribution in [-0.4, -0.2) is 38.2 Å². The number of benzene rings is 1. The first-order valence-electron chi connectivity index (χ1n) is 8.06. The maximum absolute atomic E-state index is 14.5. The van der Waals surface area contributed by atoms with Crippen LogP contribution < -0.4 is 10.1 Å². The van der Waals surface area contributed by atoms with Gasteiger partial charge in [-0.15, -0.1) is 0 Å². The molecule has 22 heavy (non-hydrogen) atoms. The van der Waals surface area contributed by atoms with Crippen molar-refractivity contribution in [3.05, 3.63) is 29.3 Å². The second-order valence-electron chi connectivity index (χ2n) is 6.00. The molecule has 124 valence electrons. The van der Waals surface area contributed by atoms with Gasteiger partial charge in [0, 0.05) is 49.9 Å². The number of hydrogen-bond acceptors (Lipinski definition) is 3. The highest BCUT2D eigenvalue weighted by Gasteiger charge is 2.31. The Morgan fingerprint density at radius 1 is 1.23 bits per heavy atom. The van der Waals surface area contributed by atoms with E-state index in [4.69, 9.17) is 4.74 Å². The van der Waals surface area contributed by atoms with Crippen LogP contribution in [0.15, 0.2) is 12.1 Å². The van der Waals surface area contributed by atoms with Gasteiger partial charge in [-0.3, -0.25) is 4.90 Å². The van der Waals surface area contributed by atoms with E-state index < -0.39 is 11.6 Å². The van der Waals surface area contributed by atoms with E-state index >= 15 is 0 Å². The molecule has 5 heteroatoms. The number of halogens is 2. The highest BCUT2D eigenvalue weighted by molar-refractivity contribution is 5.33. The van der Waals surface area contributed by atoms with Gasteiger partial charge >= 0.3 is 0 Å². The molecule has 1 saturated heterocycles. The van der Waals surface area contributed by atoms with Crippen molar-refractivity contribution in [1.82, 2.24) is 10.2 Å². The lowest BCUT2D eigenvalue weighted by Gasteiger charge is -2.39. The van der Waals surface area contributed by atoms with Crippen LogP contribution in [0, 0.1) is 17.6 Å². The second kappa shape index (κ2) is 7.88. The van der Waals surface area contributed by atoms with Crippen molar-refractivity contribution in [3.8, 4) is 5.75 Å². The number of nitrogens with one attached hydrogen (secondary N) is 1. The number of methoxy groups -OCH3 is 1. The molecule has 0 aromatic heterocycles. The predicted molar refractivity (Wildman–Crippen MR) is 84.2 cm³/mol. The van der Waals surface area contributed by atoms with E-state index in [2.05, 4.69) is 24.1 Å². The third-order valence-corrected chi connectivity index (χ3v) is 4.41. The maximum Gasteiger partial charge on any atom is 0.134 e. The summed E-state index contributed by atoms with van der Waals surface area (Å²) in [6, 6.07) is 2.34. The van der Waals surface area contributed by atoms with Gasteiger partial charge in [-0.2, -0.15) is 0 Å². The van der Waals surface area contributed by atoms with Crippen LogP contribution >= 0.6 is 0 Å². The van der Waals surface area contributed by atoms with Gasteiger partial charge in [-0.1, -0.05) is 20.3 Å². The number of piperazine rings is 1. The van der Waals surface area contributed by atoms with E-state index in [1.54, 1.807) is 0 Å². The SMILES string of the molecule is CCCC(C)[C@H](c1c(F)cc(OC)cc1F)N1CCNCC1. The number of ether oxygens (including phenoxy) is 1. The molecule has 0 saturated carbocycles. The summed E-state index contributed by atoms with van der Waals surface area (Å²) in [6.45, 7) is 7.52. The van der Waals surface area contributed by atoms with Crippen molar-refractivity contribution in [2.24, 2.45) is 5.92 Å². The molecule has 0 bridgehead atoms. The Bertz CT molecular complexity index is 467. The Morgan fingerprint density at radius 2 is 1.82 bits per heavy atom. The van der Waals surface area contributed by atoms with Gasteiger partial charge in [-0.05, 0) is 12.3 Å². The zero-order valence-electron chi connectivity index (χ0n) is 13.7. The quantitative estimate of drug-likeness (QED) is 0.872. The average Bonchev–Trinajstić information content (AvgIpc) is 2.51. The van der Waals surface area contributed by atoms with Crippen molar-refractivity contribution in [1.29, 1.82) is 0 Å². The summed E-state index contributed by atoms with van der Waals surface area (Å²) in [6.07, 6.45) is 1.95. The monoisotopic (exact) mass is 312 g/mol. The van der Waals surface area contributed by atoms with Crippen LogP contribution in [0.4, 0.5) is 8.78 Å². The van der Waals surface area contributed by atoms with Crippen LogP contribution in [0.1, 0.15) is 38.3 Å². The van der Waals surface area contributed by atoms with Crippen LogP contribution in [0.25, 0.3) is 0 Å². The molecular formula is C17H26F2N2O. The molecule has 1 unspecified atom stereocenters. The van der Waals surface area contributed by atoms with E-state index in [1.807, 2.05) is 0 Å². The Hall–Kier alpha value is -1.20. The molecule has 0 radical (unpaired) electrons. The Balaban J connectivity index is 2.39. The first-order chi connectivity index (χ1) is 10.6. The fourth-order valence-electron chi connectivity index (χ4n) is 3.36. The molecule has 1 fully saturated rings. The summed E-state index contributed by atoms with van der Waals surface area (Å²) >= 11 is 0. The van der Waals surface area contributed by atoms with Crippen LogP contribution in [0.5, 0.6) is 5.75 Å². The molecule has 1 aromatic rings. The number of rotatable bonds is 6. The molecule has 2 rings (SSSR count). The van der Waals surface area contributed by atoms with Gasteiger partial charge < -0.3 is 10.1 Å². The van der Waals surface area contributed by atoms with E-state index in [9.17, 15) is 8.78 Å². The normalized spacial score (nSPS) is 19.0. The largest absolute Gasteiger partial charge is 0.497 e. The maximum atomic E-state index is 14.5. The van der Waals surface area contributed by atoms with E-state index in [1.165, 1.54) is 19.2 Å². The fraction of sp³-hybridized carbons (Fsp3) is 0.647. The van der Waals surface area contributed by atoms with Gasteiger partial charge in [0.1, 0.15) is 17.4 Å². The average molecular weight is 312 g/mol. The second-order valence-corrected chi connectivity index (χ2v) is 6.00. The molecular weight excluding hydrogens is 286 g/mol. The fourth-order valence-corrected chi connectivity index (χ4v) is 3.36. The summed E-state index contributed by atoms with van der Waals surface area (Å²) in [5.74, 6) is -0.604. The van der Waals surface area contributed by atoms with Crippen molar-refractivity contribution >= 4 is 0 Å². The lowest BCUT2D eigenvalue weighted by molar-refractivity contribution is 0.119. The summed E-state index contributed by atoms with van der Waals surface area (Å²) in [5.41, 5.74) is 0.184.